The average molecular weight is 565 g/mol. The SMILES string of the molecule is CO/N=C(\C(=O)NC1C(=O)N2C(C(=O)O)=C(Sc3cccnc3CSCCN)CC[C@H]12)c1nsc(N)n1. The number of hydrogen-bond acceptors (Lipinski definition) is 13. The van der Waals surface area contributed by atoms with Gasteiger partial charge in [0.1, 0.15) is 18.8 Å². The molecule has 0 saturated carbocycles. The number of amides is 2. The van der Waals surface area contributed by atoms with Crippen molar-refractivity contribution in [2.24, 2.45) is 10.9 Å². The van der Waals surface area contributed by atoms with Crippen molar-refractivity contribution < 1.29 is 24.3 Å². The van der Waals surface area contributed by atoms with Gasteiger partial charge in [0, 0.05) is 45.6 Å². The van der Waals surface area contributed by atoms with Gasteiger partial charge < -0.3 is 26.7 Å². The van der Waals surface area contributed by atoms with Crippen LogP contribution in [0.3, 0.4) is 0 Å². The van der Waals surface area contributed by atoms with Gasteiger partial charge in [0.2, 0.25) is 11.5 Å². The Labute approximate surface area is 224 Å². The number of oxime groups is 1. The van der Waals surface area contributed by atoms with Crippen LogP contribution in [0.5, 0.6) is 0 Å². The Kier molecular flexibility index (Phi) is 8.63. The lowest BCUT2D eigenvalue weighted by atomic mass is 9.86. The smallest absolute Gasteiger partial charge is 0.353 e. The molecule has 2 aliphatic rings. The fourth-order valence-electron chi connectivity index (χ4n) is 3.95. The highest BCUT2D eigenvalue weighted by Gasteiger charge is 2.54. The van der Waals surface area contributed by atoms with Gasteiger partial charge in [-0.1, -0.05) is 16.9 Å². The van der Waals surface area contributed by atoms with Crippen molar-refractivity contribution in [2.45, 2.75) is 35.6 Å². The highest BCUT2D eigenvalue weighted by Crippen LogP contribution is 2.44. The van der Waals surface area contributed by atoms with Crippen LogP contribution in [0.1, 0.15) is 24.4 Å². The number of nitrogens with one attached hydrogen (secondary N) is 1. The van der Waals surface area contributed by atoms with Crippen LogP contribution in [0.25, 0.3) is 0 Å². The summed E-state index contributed by atoms with van der Waals surface area (Å²) >= 11 is 3.83. The van der Waals surface area contributed by atoms with E-state index in [9.17, 15) is 19.5 Å². The van der Waals surface area contributed by atoms with Crippen molar-refractivity contribution in [1.82, 2.24) is 24.6 Å². The maximum absolute atomic E-state index is 13.1. The molecule has 0 spiro atoms. The number of β-lactam (4-membered cyclic amide) rings is 1. The standard InChI is InChI=1S/C21H24N8O5S3/c1-34-27-15(17-26-21(23)37-28-17)18(30)25-14-11-4-5-13(16(20(32)33)29(11)19(14)31)36-12-3-2-7-24-10(12)9-35-8-6-22/h2-3,7,11,14H,4-6,8-9,22H2,1H3,(H,25,30)(H,32,33)(H2,23,26,28)/b27-15-/t11-,14?/m1/s1. The van der Waals surface area contributed by atoms with E-state index in [1.807, 2.05) is 6.07 Å². The maximum Gasteiger partial charge on any atom is 0.353 e. The molecule has 2 amide bonds. The monoisotopic (exact) mass is 564 g/mol. The molecule has 2 atom stereocenters. The van der Waals surface area contributed by atoms with Crippen LogP contribution in [0.15, 0.2) is 39.0 Å². The van der Waals surface area contributed by atoms with Gasteiger partial charge in [-0.25, -0.2) is 4.79 Å². The lowest BCUT2D eigenvalue weighted by Gasteiger charge is -2.50. The van der Waals surface area contributed by atoms with Crippen molar-refractivity contribution >= 4 is 63.7 Å². The highest BCUT2D eigenvalue weighted by molar-refractivity contribution is 8.03. The van der Waals surface area contributed by atoms with Gasteiger partial charge in [0.15, 0.2) is 5.13 Å². The van der Waals surface area contributed by atoms with Crippen LogP contribution >= 0.6 is 35.1 Å². The number of carbonyl (C=O) groups excluding carboxylic acids is 2. The lowest BCUT2D eigenvalue weighted by molar-refractivity contribution is -0.155. The summed E-state index contributed by atoms with van der Waals surface area (Å²) in [6, 6.07) is 2.23. The summed E-state index contributed by atoms with van der Waals surface area (Å²) in [5.74, 6) is -1.08. The number of fused-ring (bicyclic) bond motifs is 1. The summed E-state index contributed by atoms with van der Waals surface area (Å²) in [6.07, 6.45) is 2.57. The second-order valence-corrected chi connectivity index (χ2v) is 10.8. The summed E-state index contributed by atoms with van der Waals surface area (Å²) in [6.45, 7) is 0.553. The van der Waals surface area contributed by atoms with Crippen LogP contribution < -0.4 is 16.8 Å². The molecule has 196 valence electrons. The number of carboxylic acid groups (broad SMARTS) is 1. The van der Waals surface area contributed by atoms with Gasteiger partial charge in [-0.05, 0) is 25.0 Å². The number of nitrogens with two attached hydrogens (primary N) is 2. The predicted molar refractivity (Wildman–Crippen MR) is 140 cm³/mol. The first-order valence-electron chi connectivity index (χ1n) is 11.1. The molecule has 0 aliphatic carbocycles. The fourth-order valence-corrected chi connectivity index (χ4v) is 6.37. The molecule has 4 rings (SSSR count). The number of thioether (sulfide) groups is 2. The Morgan fingerprint density at radius 3 is 2.92 bits per heavy atom. The molecule has 1 saturated heterocycles. The van der Waals surface area contributed by atoms with Gasteiger partial charge in [0.05, 0.1) is 11.7 Å². The first-order chi connectivity index (χ1) is 17.8. The van der Waals surface area contributed by atoms with E-state index in [0.717, 1.165) is 27.9 Å². The molecule has 2 aromatic heterocycles. The number of aliphatic carboxylic acids is 1. The van der Waals surface area contributed by atoms with E-state index in [0.29, 0.717) is 30.0 Å². The summed E-state index contributed by atoms with van der Waals surface area (Å²) < 4.78 is 3.96. The molecule has 37 heavy (non-hydrogen) atoms. The van der Waals surface area contributed by atoms with Gasteiger partial charge >= 0.3 is 5.97 Å². The topological polar surface area (TPSA) is 199 Å². The van der Waals surface area contributed by atoms with Crippen LogP contribution in [0.2, 0.25) is 0 Å². The minimum absolute atomic E-state index is 0.0316. The maximum atomic E-state index is 13.1. The van der Waals surface area contributed by atoms with Crippen molar-refractivity contribution in [3.63, 3.8) is 0 Å². The van der Waals surface area contributed by atoms with E-state index < -0.39 is 29.9 Å². The number of nitrogens with zero attached hydrogens (tertiary/aromatic N) is 5. The van der Waals surface area contributed by atoms with Gasteiger partial charge in [0.25, 0.3) is 11.8 Å². The third-order valence-corrected chi connectivity index (χ3v) is 8.30. The van der Waals surface area contributed by atoms with Crippen molar-refractivity contribution in [3.05, 3.63) is 40.5 Å². The second kappa shape index (κ2) is 11.9. The van der Waals surface area contributed by atoms with Crippen LogP contribution in [0.4, 0.5) is 5.13 Å². The zero-order chi connectivity index (χ0) is 26.5. The van der Waals surface area contributed by atoms with E-state index in [2.05, 4.69) is 24.8 Å². The fraction of sp³-hybridized carbons (Fsp3) is 0.381. The quantitative estimate of drug-likeness (QED) is 0.129. The van der Waals surface area contributed by atoms with Crippen molar-refractivity contribution in [1.29, 1.82) is 0 Å². The molecule has 0 aromatic carbocycles. The number of carboxylic acids is 1. The number of pyridine rings is 1. The molecule has 2 aromatic rings. The summed E-state index contributed by atoms with van der Waals surface area (Å²) in [5, 5.41) is 16.4. The van der Waals surface area contributed by atoms with E-state index in [1.165, 1.54) is 23.8 Å². The molecule has 4 heterocycles. The van der Waals surface area contributed by atoms with Crippen molar-refractivity contribution in [3.8, 4) is 0 Å². The molecule has 1 fully saturated rings. The molecule has 13 nitrogen and oxygen atoms in total. The number of rotatable bonds is 11. The molecular formula is C21H24N8O5S3. The molecule has 2 aliphatic heterocycles. The first-order valence-corrected chi connectivity index (χ1v) is 13.8. The zero-order valence-corrected chi connectivity index (χ0v) is 22.1. The number of carbonyl (C=O) groups is 3. The highest BCUT2D eigenvalue weighted by atomic mass is 32.2. The predicted octanol–water partition coefficient (Wildman–Crippen LogP) is 0.636. The Morgan fingerprint density at radius 1 is 1.43 bits per heavy atom. The van der Waals surface area contributed by atoms with Crippen LogP contribution in [0, 0.1) is 0 Å². The summed E-state index contributed by atoms with van der Waals surface area (Å²) in [7, 11) is 1.26. The van der Waals surface area contributed by atoms with Gasteiger partial charge in [-0.2, -0.15) is 21.1 Å². The molecule has 1 unspecified atom stereocenters. The number of aromatic nitrogens is 3. The Morgan fingerprint density at radius 2 is 2.24 bits per heavy atom. The van der Waals surface area contributed by atoms with E-state index >= 15 is 0 Å². The number of anilines is 1. The Hall–Kier alpha value is -3.21. The van der Waals surface area contributed by atoms with E-state index in [4.69, 9.17) is 16.3 Å². The first kappa shape index (κ1) is 26.8. The molecule has 6 N–H and O–H groups in total. The Balaban J connectivity index is 1.52. The third-order valence-electron chi connectivity index (χ3n) is 5.52. The zero-order valence-electron chi connectivity index (χ0n) is 19.6. The molecule has 0 radical (unpaired) electrons. The Bertz CT molecular complexity index is 1270. The largest absolute Gasteiger partial charge is 0.477 e. The van der Waals surface area contributed by atoms with Gasteiger partial charge in [-0.3, -0.25) is 19.5 Å². The lowest BCUT2D eigenvalue weighted by Crippen LogP contribution is -2.72. The average Bonchev–Trinajstić information content (AvgIpc) is 3.32. The second-order valence-electron chi connectivity index (χ2n) is 7.81. The molecular weight excluding hydrogens is 540 g/mol. The third kappa shape index (κ3) is 5.71. The van der Waals surface area contributed by atoms with E-state index in [-0.39, 0.29) is 22.4 Å². The molecule has 0 bridgehead atoms. The van der Waals surface area contributed by atoms with E-state index in [1.54, 1.807) is 24.0 Å². The molecule has 16 heteroatoms. The van der Waals surface area contributed by atoms with Crippen molar-refractivity contribution in [2.75, 3.05) is 25.1 Å². The summed E-state index contributed by atoms with van der Waals surface area (Å²) in [5.41, 5.74) is 11.7. The minimum Gasteiger partial charge on any atom is -0.477 e. The van der Waals surface area contributed by atoms with Crippen LogP contribution in [-0.4, -0.2) is 79.3 Å². The van der Waals surface area contributed by atoms with Gasteiger partial charge in [-0.15, -0.1) is 0 Å². The summed E-state index contributed by atoms with van der Waals surface area (Å²) in [4.78, 5) is 53.9. The normalized spacial score (nSPS) is 19.4. The van der Waals surface area contributed by atoms with Crippen LogP contribution in [-0.2, 0) is 25.0 Å². The minimum atomic E-state index is -1.21. The number of allylic oxidation sites excluding steroid dienone is 1. The number of nitrogen functional groups attached to an aromatic ring is 1. The number of hydrogen-bond donors (Lipinski definition) is 4.